The van der Waals surface area contributed by atoms with E-state index in [4.69, 9.17) is 16.3 Å². The molecule has 5 nitrogen and oxygen atoms in total. The number of rotatable bonds is 7. The number of carbonyl (C=O) groups excluding carboxylic acids is 1. The number of ether oxygens (including phenoxy) is 1. The number of aromatic nitrogens is 3. The smallest absolute Gasteiger partial charge is 0.192 e. The molecule has 1 aromatic carbocycles. The van der Waals surface area contributed by atoms with Gasteiger partial charge in [-0.25, -0.2) is 0 Å². The summed E-state index contributed by atoms with van der Waals surface area (Å²) in [7, 11) is 0. The first kappa shape index (κ1) is 18.3. The molecule has 1 aromatic heterocycles. The van der Waals surface area contributed by atoms with Gasteiger partial charge in [-0.05, 0) is 25.0 Å². The molecule has 0 saturated heterocycles. The number of nitrogens with zero attached hydrogens (tertiary/aromatic N) is 3. The molecule has 25 heavy (non-hydrogen) atoms. The molecule has 2 aromatic rings. The van der Waals surface area contributed by atoms with Gasteiger partial charge >= 0.3 is 0 Å². The monoisotopic (exact) mass is 379 g/mol. The molecule has 7 heteroatoms. The van der Waals surface area contributed by atoms with E-state index >= 15 is 0 Å². The third-order valence-electron chi connectivity index (χ3n) is 4.01. The molecule has 1 aliphatic rings. The molecule has 0 N–H and O–H groups in total. The summed E-state index contributed by atoms with van der Waals surface area (Å²) in [5.41, 5.74) is -0.340. The van der Waals surface area contributed by atoms with Crippen molar-refractivity contribution >= 4 is 29.1 Å². The molecule has 0 aliphatic heterocycles. The van der Waals surface area contributed by atoms with Crippen LogP contribution in [0.2, 0.25) is 5.02 Å². The summed E-state index contributed by atoms with van der Waals surface area (Å²) in [4.78, 5) is 12.2. The van der Waals surface area contributed by atoms with Crippen molar-refractivity contribution in [3.8, 4) is 5.75 Å². The summed E-state index contributed by atoms with van der Waals surface area (Å²) in [5.74, 6) is 2.01. The van der Waals surface area contributed by atoms with Gasteiger partial charge < -0.3 is 4.74 Å². The van der Waals surface area contributed by atoms with Crippen LogP contribution in [0.15, 0.2) is 29.4 Å². The highest BCUT2D eigenvalue weighted by Crippen LogP contribution is 2.39. The number of halogens is 1. The molecule has 3 rings (SSSR count). The summed E-state index contributed by atoms with van der Waals surface area (Å²) in [5, 5.41) is 9.92. The number of Topliss-reactive ketones (excluding diaryl/α,β-unsaturated/α-hetero) is 1. The van der Waals surface area contributed by atoms with Crippen LogP contribution in [0.3, 0.4) is 0 Å². The van der Waals surface area contributed by atoms with Crippen LogP contribution in [0.5, 0.6) is 5.75 Å². The van der Waals surface area contributed by atoms with Gasteiger partial charge in [-0.2, -0.15) is 0 Å². The van der Waals surface area contributed by atoms with Gasteiger partial charge in [-0.3, -0.25) is 9.36 Å². The maximum absolute atomic E-state index is 12.2. The summed E-state index contributed by atoms with van der Waals surface area (Å²) in [6.45, 7) is 6.11. The summed E-state index contributed by atoms with van der Waals surface area (Å²) < 4.78 is 7.91. The lowest BCUT2D eigenvalue weighted by atomic mass is 9.92. The largest absolute Gasteiger partial charge is 0.484 e. The zero-order valence-electron chi connectivity index (χ0n) is 14.7. The van der Waals surface area contributed by atoms with Crippen molar-refractivity contribution < 1.29 is 9.53 Å². The Morgan fingerprint density at radius 2 is 2.04 bits per heavy atom. The van der Waals surface area contributed by atoms with E-state index in [1.807, 2.05) is 39.0 Å². The third kappa shape index (κ3) is 4.55. The summed E-state index contributed by atoms with van der Waals surface area (Å²) in [6, 6.07) is 7.78. The summed E-state index contributed by atoms with van der Waals surface area (Å²) in [6.07, 6.45) is 2.22. The average molecular weight is 380 g/mol. The number of benzene rings is 1. The number of para-hydroxylation sites is 1. The number of thioether (sulfide) groups is 1. The maximum Gasteiger partial charge on any atom is 0.192 e. The third-order valence-corrected chi connectivity index (χ3v) is 5.26. The predicted molar refractivity (Wildman–Crippen MR) is 99.3 cm³/mol. The van der Waals surface area contributed by atoms with E-state index in [1.165, 1.54) is 11.8 Å². The van der Waals surface area contributed by atoms with E-state index < -0.39 is 0 Å². The van der Waals surface area contributed by atoms with Crippen LogP contribution in [0.4, 0.5) is 0 Å². The fourth-order valence-corrected chi connectivity index (χ4v) is 3.63. The molecular weight excluding hydrogens is 358 g/mol. The molecule has 0 radical (unpaired) electrons. The Bertz CT molecular complexity index is 766. The van der Waals surface area contributed by atoms with Gasteiger partial charge in [0.25, 0.3) is 0 Å². The van der Waals surface area contributed by atoms with Gasteiger partial charge in [0.05, 0.1) is 10.8 Å². The van der Waals surface area contributed by atoms with Gasteiger partial charge in [0.15, 0.2) is 11.0 Å². The first-order valence-electron chi connectivity index (χ1n) is 8.33. The van der Waals surface area contributed by atoms with E-state index in [-0.39, 0.29) is 11.2 Å². The second-order valence-electron chi connectivity index (χ2n) is 7.18. The minimum atomic E-state index is -0.340. The van der Waals surface area contributed by atoms with Gasteiger partial charge in [0, 0.05) is 11.5 Å². The average Bonchev–Trinajstić information content (AvgIpc) is 3.31. The van der Waals surface area contributed by atoms with E-state index in [9.17, 15) is 4.79 Å². The van der Waals surface area contributed by atoms with E-state index in [0.29, 0.717) is 29.2 Å². The van der Waals surface area contributed by atoms with Gasteiger partial charge in [-0.1, -0.05) is 56.3 Å². The highest BCUT2D eigenvalue weighted by molar-refractivity contribution is 7.99. The van der Waals surface area contributed by atoms with Crippen LogP contribution >= 0.6 is 23.4 Å². The van der Waals surface area contributed by atoms with Crippen LogP contribution in [-0.4, -0.2) is 26.3 Å². The molecule has 0 spiro atoms. The van der Waals surface area contributed by atoms with Crippen molar-refractivity contribution in [3.05, 3.63) is 35.1 Å². The molecule has 0 amide bonds. The Kier molecular flexibility index (Phi) is 5.39. The molecule has 0 unspecified atom stereocenters. The number of carbonyl (C=O) groups is 1. The van der Waals surface area contributed by atoms with Crippen LogP contribution in [0.25, 0.3) is 0 Å². The van der Waals surface area contributed by atoms with E-state index in [0.717, 1.165) is 23.8 Å². The number of ketones is 1. The van der Waals surface area contributed by atoms with Crippen LogP contribution in [0.1, 0.15) is 45.5 Å². The number of hydrogen-bond donors (Lipinski definition) is 0. The zero-order valence-corrected chi connectivity index (χ0v) is 16.2. The van der Waals surface area contributed by atoms with Crippen molar-refractivity contribution in [2.75, 3.05) is 5.75 Å². The Morgan fingerprint density at radius 1 is 1.32 bits per heavy atom. The lowest BCUT2D eigenvalue weighted by Gasteiger charge is -2.16. The normalized spacial score (nSPS) is 14.6. The quantitative estimate of drug-likeness (QED) is 0.660. The van der Waals surface area contributed by atoms with Crippen LogP contribution in [0, 0.1) is 5.41 Å². The predicted octanol–water partition coefficient (Wildman–Crippen LogP) is 4.55. The van der Waals surface area contributed by atoms with E-state index in [1.54, 1.807) is 6.07 Å². The topological polar surface area (TPSA) is 57.0 Å². The van der Waals surface area contributed by atoms with Crippen molar-refractivity contribution in [1.82, 2.24) is 14.8 Å². The molecule has 0 bridgehead atoms. The molecule has 1 heterocycles. The van der Waals surface area contributed by atoms with Gasteiger partial charge in [0.1, 0.15) is 18.1 Å². The van der Waals surface area contributed by atoms with Gasteiger partial charge in [-0.15, -0.1) is 10.2 Å². The molecule has 0 atom stereocenters. The molecular formula is C18H22ClN3O2S. The van der Waals surface area contributed by atoms with Crippen molar-refractivity contribution in [3.63, 3.8) is 0 Å². The van der Waals surface area contributed by atoms with Crippen molar-refractivity contribution in [1.29, 1.82) is 0 Å². The SMILES string of the molecule is CC(C)(C)C(=O)CSc1nnc(COc2ccccc2Cl)n1C1CC1. The minimum Gasteiger partial charge on any atom is -0.484 e. The fourth-order valence-electron chi connectivity index (χ4n) is 2.25. The Morgan fingerprint density at radius 3 is 2.68 bits per heavy atom. The lowest BCUT2D eigenvalue weighted by Crippen LogP contribution is -2.22. The zero-order chi connectivity index (χ0) is 18.0. The number of hydrogen-bond acceptors (Lipinski definition) is 5. The summed E-state index contributed by atoms with van der Waals surface area (Å²) >= 11 is 7.58. The van der Waals surface area contributed by atoms with Crippen molar-refractivity contribution in [2.45, 2.75) is 51.4 Å². The standard InChI is InChI=1S/C18H22ClN3O2S/c1-18(2,3)15(23)11-25-17-21-20-16(22(17)12-8-9-12)10-24-14-7-5-4-6-13(14)19/h4-7,12H,8-11H2,1-3H3. The lowest BCUT2D eigenvalue weighted by molar-refractivity contribution is -0.123. The van der Waals surface area contributed by atoms with Crippen LogP contribution < -0.4 is 4.74 Å². The highest BCUT2D eigenvalue weighted by atomic mass is 35.5. The van der Waals surface area contributed by atoms with Crippen molar-refractivity contribution in [2.24, 2.45) is 5.41 Å². The minimum absolute atomic E-state index is 0.205. The Labute approximate surface area is 157 Å². The molecule has 134 valence electrons. The second-order valence-corrected chi connectivity index (χ2v) is 8.53. The van der Waals surface area contributed by atoms with Gasteiger partial charge in [0.2, 0.25) is 0 Å². The second kappa shape index (κ2) is 7.38. The Balaban J connectivity index is 1.70. The highest BCUT2D eigenvalue weighted by Gasteiger charge is 2.31. The molecule has 1 aliphatic carbocycles. The first-order chi connectivity index (χ1) is 11.9. The van der Waals surface area contributed by atoms with Crippen LogP contribution in [-0.2, 0) is 11.4 Å². The fraction of sp³-hybridized carbons (Fsp3) is 0.500. The van der Waals surface area contributed by atoms with E-state index in [2.05, 4.69) is 14.8 Å². The Hall–Kier alpha value is -1.53. The molecule has 1 saturated carbocycles. The molecule has 1 fully saturated rings. The maximum atomic E-state index is 12.2. The first-order valence-corrected chi connectivity index (χ1v) is 9.70.